The molecule has 1 aliphatic carbocycles. The fourth-order valence-electron chi connectivity index (χ4n) is 4.34. The zero-order valence-electron chi connectivity index (χ0n) is 19.5. The van der Waals surface area contributed by atoms with E-state index in [0.29, 0.717) is 24.1 Å². The third kappa shape index (κ3) is 7.19. The summed E-state index contributed by atoms with van der Waals surface area (Å²) in [6, 6.07) is 17.9. The maximum Gasteiger partial charge on any atom is 0.329 e. The van der Waals surface area contributed by atoms with Gasteiger partial charge in [0.05, 0.1) is 13.7 Å². The molecule has 2 aromatic carbocycles. The molecule has 0 saturated heterocycles. The van der Waals surface area contributed by atoms with E-state index >= 15 is 0 Å². The average Bonchev–Trinajstić information content (AvgIpc) is 2.84. The monoisotopic (exact) mass is 450 g/mol. The molecule has 1 fully saturated rings. The van der Waals surface area contributed by atoms with Crippen molar-refractivity contribution in [2.75, 3.05) is 26.9 Å². The Bertz CT molecular complexity index is 977. The van der Waals surface area contributed by atoms with E-state index in [0.717, 1.165) is 60.4 Å². The molecule has 6 nitrogen and oxygen atoms in total. The quantitative estimate of drug-likeness (QED) is 0.397. The Labute approximate surface area is 196 Å². The molecule has 1 aliphatic rings. The standard InChI is InChI=1S/C27H34N2O4/c1-19(29-16-20-11-13-21(14-12-20)17-33-18-25(30)31)26(23-9-6-10-24(15-23)32-2)27(28)22-7-4-3-5-8-22/h3-10,15,20-21H,11-14,16-18,28H2,1-2H3,(H,30,31). The number of carboxylic acid groups (broad SMARTS) is 1. The lowest BCUT2D eigenvalue weighted by Crippen LogP contribution is -2.22. The first-order valence-electron chi connectivity index (χ1n) is 11.5. The van der Waals surface area contributed by atoms with Crippen molar-refractivity contribution in [2.24, 2.45) is 22.6 Å². The highest BCUT2D eigenvalue weighted by Crippen LogP contribution is 2.31. The second-order valence-corrected chi connectivity index (χ2v) is 8.61. The van der Waals surface area contributed by atoms with Crippen molar-refractivity contribution in [3.8, 4) is 5.75 Å². The van der Waals surface area contributed by atoms with Crippen LogP contribution in [0, 0.1) is 11.8 Å². The Kier molecular flexibility index (Phi) is 9.07. The lowest BCUT2D eigenvalue weighted by Gasteiger charge is -2.27. The van der Waals surface area contributed by atoms with Gasteiger partial charge in [-0.3, -0.25) is 4.99 Å². The van der Waals surface area contributed by atoms with E-state index in [-0.39, 0.29) is 6.61 Å². The number of rotatable bonds is 10. The number of allylic oxidation sites excluding steroid dienone is 1. The van der Waals surface area contributed by atoms with E-state index in [2.05, 4.69) is 0 Å². The fourth-order valence-corrected chi connectivity index (χ4v) is 4.34. The minimum absolute atomic E-state index is 0.217. The summed E-state index contributed by atoms with van der Waals surface area (Å²) in [5, 5.41) is 8.72. The van der Waals surface area contributed by atoms with Crippen LogP contribution in [0.2, 0.25) is 0 Å². The number of hydrogen-bond acceptors (Lipinski definition) is 5. The first-order valence-corrected chi connectivity index (χ1v) is 11.5. The summed E-state index contributed by atoms with van der Waals surface area (Å²) in [4.78, 5) is 15.6. The lowest BCUT2D eigenvalue weighted by molar-refractivity contribution is -0.142. The molecule has 2 aromatic rings. The fraction of sp³-hybridized carbons (Fsp3) is 0.407. The minimum Gasteiger partial charge on any atom is -0.497 e. The molecule has 0 radical (unpaired) electrons. The average molecular weight is 451 g/mol. The Morgan fingerprint density at radius 3 is 2.36 bits per heavy atom. The van der Waals surface area contributed by atoms with Gasteiger partial charge >= 0.3 is 5.97 Å². The SMILES string of the molecule is COc1cccc(C(C(C)=NCC2CCC(COCC(=O)O)CC2)=C(N)c2ccccc2)c1. The first-order chi connectivity index (χ1) is 16.0. The van der Waals surface area contributed by atoms with Crippen molar-refractivity contribution >= 4 is 23.0 Å². The number of ether oxygens (including phenoxy) is 2. The Hall–Kier alpha value is -3.12. The van der Waals surface area contributed by atoms with Crippen LogP contribution in [0.5, 0.6) is 5.75 Å². The minimum atomic E-state index is -0.914. The van der Waals surface area contributed by atoms with Crippen molar-refractivity contribution in [1.29, 1.82) is 0 Å². The summed E-state index contributed by atoms with van der Waals surface area (Å²) in [5.74, 6) is 0.817. The molecule has 0 spiro atoms. The van der Waals surface area contributed by atoms with Crippen LogP contribution in [0.25, 0.3) is 11.3 Å². The molecule has 0 heterocycles. The van der Waals surface area contributed by atoms with Gasteiger partial charge in [0, 0.05) is 23.5 Å². The summed E-state index contributed by atoms with van der Waals surface area (Å²) in [6.07, 6.45) is 4.24. The summed E-state index contributed by atoms with van der Waals surface area (Å²) >= 11 is 0. The maximum atomic E-state index is 10.6. The van der Waals surface area contributed by atoms with Crippen LogP contribution in [-0.2, 0) is 9.53 Å². The second kappa shape index (κ2) is 12.2. The number of aliphatic carboxylic acids is 1. The Morgan fingerprint density at radius 1 is 1.03 bits per heavy atom. The van der Waals surface area contributed by atoms with Crippen molar-refractivity contribution in [1.82, 2.24) is 0 Å². The number of carboxylic acids is 1. The zero-order chi connectivity index (χ0) is 23.6. The van der Waals surface area contributed by atoms with Crippen molar-refractivity contribution in [3.63, 3.8) is 0 Å². The normalized spacial score (nSPS) is 19.6. The van der Waals surface area contributed by atoms with Gasteiger partial charge in [-0.05, 0) is 67.7 Å². The number of nitrogens with zero attached hydrogens (tertiary/aromatic N) is 1. The Balaban J connectivity index is 1.73. The van der Waals surface area contributed by atoms with E-state index < -0.39 is 5.97 Å². The van der Waals surface area contributed by atoms with Crippen molar-refractivity contribution < 1.29 is 19.4 Å². The molecule has 33 heavy (non-hydrogen) atoms. The highest BCUT2D eigenvalue weighted by molar-refractivity contribution is 6.29. The number of benzene rings is 2. The van der Waals surface area contributed by atoms with E-state index in [9.17, 15) is 4.79 Å². The van der Waals surface area contributed by atoms with Crippen LogP contribution in [-0.4, -0.2) is 43.7 Å². The molecule has 1 saturated carbocycles. The molecule has 3 rings (SSSR count). The van der Waals surface area contributed by atoms with E-state index in [4.69, 9.17) is 25.3 Å². The van der Waals surface area contributed by atoms with Crippen LogP contribution in [0.1, 0.15) is 43.7 Å². The van der Waals surface area contributed by atoms with Gasteiger partial charge in [0.2, 0.25) is 0 Å². The largest absolute Gasteiger partial charge is 0.497 e. The first kappa shape index (κ1) is 24.5. The topological polar surface area (TPSA) is 94.1 Å². The van der Waals surface area contributed by atoms with Gasteiger partial charge in [0.15, 0.2) is 0 Å². The summed E-state index contributed by atoms with van der Waals surface area (Å²) < 4.78 is 10.7. The van der Waals surface area contributed by atoms with Crippen LogP contribution in [0.4, 0.5) is 0 Å². The maximum absolute atomic E-state index is 10.6. The summed E-state index contributed by atoms with van der Waals surface area (Å²) in [5.41, 5.74) is 11.1. The Morgan fingerprint density at radius 2 is 1.70 bits per heavy atom. The van der Waals surface area contributed by atoms with Gasteiger partial charge in [0.25, 0.3) is 0 Å². The smallest absolute Gasteiger partial charge is 0.329 e. The molecule has 0 amide bonds. The number of methoxy groups -OCH3 is 1. The lowest BCUT2D eigenvalue weighted by atomic mass is 9.82. The predicted octanol–water partition coefficient (Wildman–Crippen LogP) is 4.89. The van der Waals surface area contributed by atoms with Crippen LogP contribution >= 0.6 is 0 Å². The highest BCUT2D eigenvalue weighted by Gasteiger charge is 2.22. The third-order valence-corrected chi connectivity index (χ3v) is 6.21. The molecule has 3 N–H and O–H groups in total. The molecular formula is C27H34N2O4. The molecular weight excluding hydrogens is 416 g/mol. The molecule has 0 bridgehead atoms. The number of nitrogens with two attached hydrogens (primary N) is 1. The summed E-state index contributed by atoms with van der Waals surface area (Å²) in [6.45, 7) is 3.09. The number of carbonyl (C=O) groups is 1. The van der Waals surface area contributed by atoms with Crippen molar-refractivity contribution in [3.05, 3.63) is 65.7 Å². The van der Waals surface area contributed by atoms with Crippen LogP contribution in [0.3, 0.4) is 0 Å². The zero-order valence-corrected chi connectivity index (χ0v) is 19.5. The van der Waals surface area contributed by atoms with Gasteiger partial charge < -0.3 is 20.3 Å². The van der Waals surface area contributed by atoms with Gasteiger partial charge in [-0.15, -0.1) is 0 Å². The third-order valence-electron chi connectivity index (χ3n) is 6.21. The molecule has 0 atom stereocenters. The molecule has 0 aromatic heterocycles. The molecule has 176 valence electrons. The highest BCUT2D eigenvalue weighted by atomic mass is 16.5. The second-order valence-electron chi connectivity index (χ2n) is 8.61. The van der Waals surface area contributed by atoms with Gasteiger partial charge in [-0.1, -0.05) is 42.5 Å². The van der Waals surface area contributed by atoms with E-state index in [1.54, 1.807) is 7.11 Å². The van der Waals surface area contributed by atoms with Crippen LogP contribution < -0.4 is 10.5 Å². The molecule has 0 aliphatic heterocycles. The number of aliphatic imine (C=N–C) groups is 1. The van der Waals surface area contributed by atoms with E-state index in [1.165, 1.54) is 0 Å². The number of hydrogen-bond donors (Lipinski definition) is 2. The van der Waals surface area contributed by atoms with Crippen molar-refractivity contribution in [2.45, 2.75) is 32.6 Å². The van der Waals surface area contributed by atoms with Gasteiger partial charge in [-0.2, -0.15) is 0 Å². The molecule has 0 unspecified atom stereocenters. The van der Waals surface area contributed by atoms with Gasteiger partial charge in [0.1, 0.15) is 12.4 Å². The van der Waals surface area contributed by atoms with E-state index in [1.807, 2.05) is 61.5 Å². The predicted molar refractivity (Wildman–Crippen MR) is 132 cm³/mol. The van der Waals surface area contributed by atoms with Gasteiger partial charge in [-0.25, -0.2) is 4.79 Å². The van der Waals surface area contributed by atoms with Crippen LogP contribution in [0.15, 0.2) is 59.6 Å². The molecule has 6 heteroatoms. The summed E-state index contributed by atoms with van der Waals surface area (Å²) in [7, 11) is 1.66.